The van der Waals surface area contributed by atoms with Crippen LogP contribution < -0.4 is 0 Å². The van der Waals surface area contributed by atoms with E-state index in [-0.39, 0.29) is 17.8 Å². The molecule has 0 N–H and O–H groups in total. The van der Waals surface area contributed by atoms with Crippen molar-refractivity contribution in [3.8, 4) is 0 Å². The summed E-state index contributed by atoms with van der Waals surface area (Å²) in [5, 5.41) is 0. The number of carbonyl (C=O) groups is 1. The molecule has 0 bridgehead atoms. The number of halogens is 6. The van der Waals surface area contributed by atoms with Crippen LogP contribution in [-0.4, -0.2) is 47.8 Å². The van der Waals surface area contributed by atoms with Crippen LogP contribution in [-0.2, 0) is 19.0 Å². The number of alkyl halides is 6. The van der Waals surface area contributed by atoms with Crippen molar-refractivity contribution in [2.24, 2.45) is 26.7 Å². The van der Waals surface area contributed by atoms with Gasteiger partial charge in [-0.2, -0.15) is 31.3 Å². The number of nitrogens with zero attached hydrogens (tertiary/aromatic N) is 1. The number of esters is 1. The maximum absolute atomic E-state index is 15.4. The van der Waals surface area contributed by atoms with Crippen molar-refractivity contribution in [2.75, 3.05) is 6.61 Å². The van der Waals surface area contributed by atoms with Gasteiger partial charge in [0.25, 0.3) is 5.54 Å². The maximum atomic E-state index is 15.4. The van der Waals surface area contributed by atoms with E-state index in [4.69, 9.17) is 14.2 Å². The van der Waals surface area contributed by atoms with Crippen LogP contribution in [0.2, 0.25) is 0 Å². The normalized spacial score (nSPS) is 26.7. The van der Waals surface area contributed by atoms with E-state index in [1.807, 2.05) is 0 Å². The molecule has 0 aromatic heterocycles. The van der Waals surface area contributed by atoms with Crippen molar-refractivity contribution in [2.45, 2.75) is 119 Å². The fourth-order valence-corrected chi connectivity index (χ4v) is 6.18. The van der Waals surface area contributed by atoms with E-state index >= 15 is 26.3 Å². The topological polar surface area (TPSA) is 57.1 Å². The SMILES string of the molecule is CCOC1=NC(C(F)(F)F)(C(F)(F)F)[C@@]2(C(=O)OC(C)(C)C)C(C(C)(C)C)=C(C(C)(C)C)[C@@]2(C(C)(C)C)O1. The van der Waals surface area contributed by atoms with E-state index in [1.165, 1.54) is 69.2 Å². The lowest BCUT2D eigenvalue weighted by atomic mass is 9.33. The van der Waals surface area contributed by atoms with Gasteiger partial charge < -0.3 is 14.2 Å². The zero-order valence-electron chi connectivity index (χ0n) is 24.6. The van der Waals surface area contributed by atoms with Crippen LogP contribution in [0.1, 0.15) is 90.0 Å². The van der Waals surface area contributed by atoms with Gasteiger partial charge in [-0.1, -0.05) is 62.3 Å². The predicted molar refractivity (Wildman–Crippen MR) is 131 cm³/mol. The number of aliphatic imine (C=N–C) groups is 1. The van der Waals surface area contributed by atoms with E-state index in [2.05, 4.69) is 4.99 Å². The van der Waals surface area contributed by atoms with E-state index in [1.54, 1.807) is 20.8 Å². The lowest BCUT2D eigenvalue weighted by Gasteiger charge is -2.72. The van der Waals surface area contributed by atoms with Crippen LogP contribution in [0.3, 0.4) is 0 Å². The Morgan fingerprint density at radius 2 is 1.21 bits per heavy atom. The second kappa shape index (κ2) is 8.53. The first kappa shape index (κ1) is 32.3. The van der Waals surface area contributed by atoms with E-state index in [0.29, 0.717) is 0 Å². The molecule has 0 saturated heterocycles. The predicted octanol–water partition coefficient (Wildman–Crippen LogP) is 7.79. The molecule has 1 aliphatic heterocycles. The Morgan fingerprint density at radius 1 is 0.789 bits per heavy atom. The molecule has 0 aromatic rings. The number of fused-ring (bicyclic) bond motifs is 1. The van der Waals surface area contributed by atoms with E-state index in [0.717, 1.165) is 0 Å². The molecule has 0 spiro atoms. The van der Waals surface area contributed by atoms with Gasteiger partial charge in [0.05, 0.1) is 6.61 Å². The summed E-state index contributed by atoms with van der Waals surface area (Å²) in [5.41, 5.74) is -16.5. The highest BCUT2D eigenvalue weighted by Gasteiger charge is 2.97. The van der Waals surface area contributed by atoms with Crippen molar-refractivity contribution in [1.29, 1.82) is 0 Å². The maximum Gasteiger partial charge on any atom is 0.424 e. The van der Waals surface area contributed by atoms with Crippen molar-refractivity contribution in [3.05, 3.63) is 11.1 Å². The van der Waals surface area contributed by atoms with Crippen LogP contribution in [0.5, 0.6) is 0 Å². The molecule has 0 amide bonds. The standard InChI is InChI=1S/C27H41F6NO4/c1-14-36-18-34-25(26(28,29)30,27(31,32)33)23(17(35)37-22(11,12)13)15(19(2,3)4)16(20(5,6)7)24(23,38-18)21(8,9)10/h14H2,1-13H3/t23-,24+/m1/s1. The molecule has 0 aromatic carbocycles. The molecular weight excluding hydrogens is 516 g/mol. The van der Waals surface area contributed by atoms with Crippen LogP contribution in [0.4, 0.5) is 26.3 Å². The highest BCUT2D eigenvalue weighted by molar-refractivity contribution is 5.94. The van der Waals surface area contributed by atoms with Gasteiger partial charge in [0.1, 0.15) is 5.60 Å². The molecule has 38 heavy (non-hydrogen) atoms. The van der Waals surface area contributed by atoms with Crippen LogP contribution in [0.15, 0.2) is 16.1 Å². The Balaban J connectivity index is 3.51. The van der Waals surface area contributed by atoms with Gasteiger partial charge in [0.2, 0.25) is 0 Å². The number of carbonyl (C=O) groups excluding carboxylic acids is 1. The second-order valence-corrected chi connectivity index (χ2v) is 14.1. The largest absolute Gasteiger partial charge is 0.459 e. The Morgan fingerprint density at radius 3 is 1.50 bits per heavy atom. The van der Waals surface area contributed by atoms with Gasteiger partial charge in [-0.05, 0) is 49.7 Å². The Kier molecular flexibility index (Phi) is 7.24. The molecule has 220 valence electrons. The minimum absolute atomic E-state index is 0.154. The lowest BCUT2D eigenvalue weighted by molar-refractivity contribution is -0.361. The summed E-state index contributed by atoms with van der Waals surface area (Å²) < 4.78 is 109. The summed E-state index contributed by atoms with van der Waals surface area (Å²) in [6, 6.07) is 0. The van der Waals surface area contributed by atoms with Crippen molar-refractivity contribution >= 4 is 12.1 Å². The molecule has 0 fully saturated rings. The summed E-state index contributed by atoms with van der Waals surface area (Å²) in [6.07, 6.45) is -13.4. The molecule has 2 rings (SSSR count). The van der Waals surface area contributed by atoms with Crippen molar-refractivity contribution < 1.29 is 45.3 Å². The Hall–Kier alpha value is -1.94. The zero-order chi connectivity index (χ0) is 30.3. The van der Waals surface area contributed by atoms with Gasteiger partial charge in [0.15, 0.2) is 11.0 Å². The lowest BCUT2D eigenvalue weighted by Crippen LogP contribution is -2.87. The van der Waals surface area contributed by atoms with Gasteiger partial charge in [-0.25, -0.2) is 0 Å². The second-order valence-electron chi connectivity index (χ2n) is 14.1. The smallest absolute Gasteiger partial charge is 0.424 e. The molecule has 5 nitrogen and oxygen atoms in total. The van der Waals surface area contributed by atoms with Gasteiger partial charge >= 0.3 is 24.4 Å². The van der Waals surface area contributed by atoms with Crippen molar-refractivity contribution in [3.63, 3.8) is 0 Å². The summed E-state index contributed by atoms with van der Waals surface area (Å²) >= 11 is 0. The first-order valence-electron chi connectivity index (χ1n) is 12.6. The molecule has 0 saturated carbocycles. The molecular formula is C27H41F6NO4. The highest BCUT2D eigenvalue weighted by atomic mass is 19.4. The van der Waals surface area contributed by atoms with Crippen LogP contribution in [0, 0.1) is 21.7 Å². The Labute approximate surface area is 221 Å². The molecule has 1 aliphatic carbocycles. The average Bonchev–Trinajstić information content (AvgIpc) is 2.56. The molecule has 0 radical (unpaired) electrons. The van der Waals surface area contributed by atoms with E-state index < -0.39 is 62.8 Å². The number of hydrogen-bond donors (Lipinski definition) is 0. The zero-order valence-corrected chi connectivity index (χ0v) is 24.6. The van der Waals surface area contributed by atoms with Gasteiger partial charge in [-0.3, -0.25) is 4.79 Å². The summed E-state index contributed by atoms with van der Waals surface area (Å²) in [5.74, 6) is -1.70. The first-order chi connectivity index (χ1) is 16.5. The average molecular weight is 558 g/mol. The molecule has 2 atom stereocenters. The summed E-state index contributed by atoms with van der Waals surface area (Å²) in [4.78, 5) is 17.5. The first-order valence-corrected chi connectivity index (χ1v) is 12.6. The molecule has 2 aliphatic rings. The molecule has 1 heterocycles. The summed E-state index contributed by atoms with van der Waals surface area (Å²) in [7, 11) is 0. The van der Waals surface area contributed by atoms with Gasteiger partial charge in [0, 0.05) is 5.41 Å². The third-order valence-electron chi connectivity index (χ3n) is 6.90. The molecule has 0 unspecified atom stereocenters. The number of rotatable bonds is 2. The van der Waals surface area contributed by atoms with Gasteiger partial charge in [-0.15, -0.1) is 0 Å². The minimum Gasteiger partial charge on any atom is -0.459 e. The Bertz CT molecular complexity index is 1010. The quantitative estimate of drug-likeness (QED) is 0.198. The highest BCUT2D eigenvalue weighted by Crippen LogP contribution is 2.80. The van der Waals surface area contributed by atoms with Crippen LogP contribution >= 0.6 is 0 Å². The number of ether oxygens (including phenoxy) is 3. The number of hydrogen-bond acceptors (Lipinski definition) is 5. The molecule has 11 heteroatoms. The third kappa shape index (κ3) is 4.12. The fraction of sp³-hybridized carbons (Fsp3) is 0.852. The monoisotopic (exact) mass is 557 g/mol. The summed E-state index contributed by atoms with van der Waals surface area (Å²) in [6.45, 7) is 19.0. The van der Waals surface area contributed by atoms with Crippen molar-refractivity contribution in [1.82, 2.24) is 0 Å². The van der Waals surface area contributed by atoms with E-state index in [9.17, 15) is 4.79 Å². The fourth-order valence-electron chi connectivity index (χ4n) is 6.18. The van der Waals surface area contributed by atoms with Crippen LogP contribution in [0.25, 0.3) is 0 Å². The minimum atomic E-state index is -6.11. The third-order valence-corrected chi connectivity index (χ3v) is 6.90.